The predicted octanol–water partition coefficient (Wildman–Crippen LogP) is 1.47. The average molecular weight is 368 g/mol. The molecule has 0 saturated carbocycles. The molecule has 1 amide bonds. The van der Waals surface area contributed by atoms with E-state index >= 15 is 0 Å². The van der Waals surface area contributed by atoms with Crippen LogP contribution in [-0.2, 0) is 7.05 Å². The number of carbonyl (C=O) groups is 1. The Hall–Kier alpha value is -3.23. The zero-order chi connectivity index (χ0) is 19.6. The first kappa shape index (κ1) is 18.6. The van der Waals surface area contributed by atoms with Gasteiger partial charge in [-0.3, -0.25) is 9.48 Å². The Bertz CT molecular complexity index is 972. The zero-order valence-corrected chi connectivity index (χ0v) is 16.2. The van der Waals surface area contributed by atoms with E-state index in [0.717, 1.165) is 22.8 Å². The molecule has 9 nitrogen and oxygen atoms in total. The minimum Gasteiger partial charge on any atom is -0.368 e. The van der Waals surface area contributed by atoms with Crippen LogP contribution in [0, 0.1) is 27.7 Å². The molecule has 27 heavy (non-hydrogen) atoms. The number of anilines is 1. The lowest BCUT2D eigenvalue weighted by Crippen LogP contribution is -2.29. The SMILES string of the molecule is Cc1cc(C)n(-c2cc(NCCNC(=O)c3c(C)nn(C)c3C)ncn2)n1. The van der Waals surface area contributed by atoms with Crippen molar-refractivity contribution in [3.63, 3.8) is 0 Å². The van der Waals surface area contributed by atoms with Crippen LogP contribution in [0.3, 0.4) is 0 Å². The molecule has 3 aromatic rings. The van der Waals surface area contributed by atoms with Crippen molar-refractivity contribution in [2.45, 2.75) is 27.7 Å². The normalized spacial score (nSPS) is 10.9. The third-order valence-electron chi connectivity index (χ3n) is 4.33. The smallest absolute Gasteiger partial charge is 0.255 e. The molecule has 3 rings (SSSR count). The highest BCUT2D eigenvalue weighted by molar-refractivity contribution is 5.96. The molecule has 0 aliphatic carbocycles. The van der Waals surface area contributed by atoms with E-state index in [2.05, 4.69) is 30.8 Å². The second-order valence-electron chi connectivity index (χ2n) is 6.45. The molecule has 3 aromatic heterocycles. The van der Waals surface area contributed by atoms with Gasteiger partial charge in [0, 0.05) is 37.6 Å². The summed E-state index contributed by atoms with van der Waals surface area (Å²) in [6.07, 6.45) is 1.50. The van der Waals surface area contributed by atoms with Crippen molar-refractivity contribution in [2.75, 3.05) is 18.4 Å². The highest BCUT2D eigenvalue weighted by Gasteiger charge is 2.16. The van der Waals surface area contributed by atoms with Crippen LogP contribution in [0.25, 0.3) is 5.82 Å². The van der Waals surface area contributed by atoms with Crippen molar-refractivity contribution in [1.82, 2.24) is 34.8 Å². The van der Waals surface area contributed by atoms with Crippen molar-refractivity contribution in [2.24, 2.45) is 7.05 Å². The van der Waals surface area contributed by atoms with Crippen LogP contribution < -0.4 is 10.6 Å². The first-order chi connectivity index (χ1) is 12.9. The molecular weight excluding hydrogens is 344 g/mol. The van der Waals surface area contributed by atoms with Crippen molar-refractivity contribution >= 4 is 11.7 Å². The summed E-state index contributed by atoms with van der Waals surface area (Å²) in [6.45, 7) is 8.64. The van der Waals surface area contributed by atoms with Gasteiger partial charge in [-0.2, -0.15) is 10.2 Å². The van der Waals surface area contributed by atoms with Gasteiger partial charge in [0.25, 0.3) is 5.91 Å². The summed E-state index contributed by atoms with van der Waals surface area (Å²) < 4.78 is 3.49. The molecule has 0 bridgehead atoms. The fourth-order valence-corrected chi connectivity index (χ4v) is 2.98. The fourth-order valence-electron chi connectivity index (χ4n) is 2.98. The van der Waals surface area contributed by atoms with Gasteiger partial charge in [-0.1, -0.05) is 0 Å². The summed E-state index contributed by atoms with van der Waals surface area (Å²) in [6, 6.07) is 3.82. The molecular formula is C18H24N8O. The van der Waals surface area contributed by atoms with Crippen LogP contribution in [0.5, 0.6) is 0 Å². The number of aromatic nitrogens is 6. The molecule has 0 radical (unpaired) electrons. The third-order valence-corrected chi connectivity index (χ3v) is 4.33. The maximum Gasteiger partial charge on any atom is 0.255 e. The number of hydrogen-bond acceptors (Lipinski definition) is 6. The Kier molecular flexibility index (Phi) is 5.20. The van der Waals surface area contributed by atoms with E-state index in [1.807, 2.05) is 46.9 Å². The second-order valence-corrected chi connectivity index (χ2v) is 6.45. The van der Waals surface area contributed by atoms with E-state index in [4.69, 9.17) is 0 Å². The third kappa shape index (κ3) is 3.97. The van der Waals surface area contributed by atoms with E-state index in [9.17, 15) is 4.79 Å². The number of hydrogen-bond donors (Lipinski definition) is 2. The molecule has 0 aromatic carbocycles. The minimum absolute atomic E-state index is 0.120. The first-order valence-electron chi connectivity index (χ1n) is 8.74. The number of carbonyl (C=O) groups excluding carboxylic acids is 1. The molecule has 0 saturated heterocycles. The number of aryl methyl sites for hydroxylation is 4. The van der Waals surface area contributed by atoms with Gasteiger partial charge in [-0.05, 0) is 33.8 Å². The topological polar surface area (TPSA) is 103 Å². The summed E-state index contributed by atoms with van der Waals surface area (Å²) >= 11 is 0. The van der Waals surface area contributed by atoms with Gasteiger partial charge in [0.05, 0.1) is 17.0 Å². The standard InChI is InChI=1S/C18H24N8O/c1-11-8-12(2)26(23-11)16-9-15(21-10-22-16)19-6-7-20-18(27)17-13(3)24-25(5)14(17)4/h8-10H,6-7H2,1-5H3,(H,20,27)(H,19,21,22). The Morgan fingerprint density at radius 3 is 2.48 bits per heavy atom. The molecule has 0 spiro atoms. The lowest BCUT2D eigenvalue weighted by Gasteiger charge is -2.09. The van der Waals surface area contributed by atoms with E-state index < -0.39 is 0 Å². The van der Waals surface area contributed by atoms with E-state index in [1.165, 1.54) is 6.33 Å². The van der Waals surface area contributed by atoms with Gasteiger partial charge in [0.15, 0.2) is 5.82 Å². The van der Waals surface area contributed by atoms with Crippen LogP contribution in [-0.4, -0.2) is 48.5 Å². The molecule has 2 N–H and O–H groups in total. The Morgan fingerprint density at radius 1 is 1.07 bits per heavy atom. The molecule has 9 heteroatoms. The number of amides is 1. The highest BCUT2D eigenvalue weighted by Crippen LogP contribution is 2.13. The molecule has 3 heterocycles. The lowest BCUT2D eigenvalue weighted by molar-refractivity contribution is 0.0954. The van der Waals surface area contributed by atoms with E-state index in [1.54, 1.807) is 9.36 Å². The van der Waals surface area contributed by atoms with E-state index in [-0.39, 0.29) is 5.91 Å². The highest BCUT2D eigenvalue weighted by atomic mass is 16.1. The summed E-state index contributed by atoms with van der Waals surface area (Å²) in [4.78, 5) is 20.9. The zero-order valence-electron chi connectivity index (χ0n) is 16.2. The lowest BCUT2D eigenvalue weighted by atomic mass is 10.2. The van der Waals surface area contributed by atoms with Crippen LogP contribution in [0.4, 0.5) is 5.82 Å². The minimum atomic E-state index is -0.120. The number of nitrogens with one attached hydrogen (secondary N) is 2. The van der Waals surface area contributed by atoms with Crippen LogP contribution in [0.15, 0.2) is 18.5 Å². The average Bonchev–Trinajstić information content (AvgIpc) is 3.09. The van der Waals surface area contributed by atoms with Crippen molar-refractivity contribution in [3.8, 4) is 5.82 Å². The molecule has 0 fully saturated rings. The summed E-state index contributed by atoms with van der Waals surface area (Å²) in [5.41, 5.74) is 4.15. The summed E-state index contributed by atoms with van der Waals surface area (Å²) in [7, 11) is 1.83. The van der Waals surface area contributed by atoms with Gasteiger partial charge in [-0.25, -0.2) is 14.6 Å². The van der Waals surface area contributed by atoms with Crippen LogP contribution in [0.1, 0.15) is 33.1 Å². The van der Waals surface area contributed by atoms with Gasteiger partial charge in [0.2, 0.25) is 0 Å². The monoisotopic (exact) mass is 368 g/mol. The Labute approximate surface area is 157 Å². The maximum atomic E-state index is 12.4. The predicted molar refractivity (Wildman–Crippen MR) is 102 cm³/mol. The molecule has 0 unspecified atom stereocenters. The first-order valence-corrected chi connectivity index (χ1v) is 8.74. The van der Waals surface area contributed by atoms with Gasteiger partial charge >= 0.3 is 0 Å². The largest absolute Gasteiger partial charge is 0.368 e. The molecule has 0 atom stereocenters. The summed E-state index contributed by atoms with van der Waals surface area (Å²) in [5, 5.41) is 14.8. The van der Waals surface area contributed by atoms with E-state index in [0.29, 0.717) is 30.3 Å². The number of rotatable bonds is 6. The molecule has 0 aliphatic rings. The number of nitrogens with zero attached hydrogens (tertiary/aromatic N) is 6. The maximum absolute atomic E-state index is 12.4. The van der Waals surface area contributed by atoms with Crippen molar-refractivity contribution < 1.29 is 4.79 Å². The van der Waals surface area contributed by atoms with Crippen molar-refractivity contribution in [1.29, 1.82) is 0 Å². The fraction of sp³-hybridized carbons (Fsp3) is 0.389. The quantitative estimate of drug-likeness (QED) is 0.639. The van der Waals surface area contributed by atoms with Crippen molar-refractivity contribution in [3.05, 3.63) is 46.8 Å². The van der Waals surface area contributed by atoms with Gasteiger partial charge < -0.3 is 10.6 Å². The molecule has 0 aliphatic heterocycles. The van der Waals surface area contributed by atoms with Crippen LogP contribution in [0.2, 0.25) is 0 Å². The Morgan fingerprint density at radius 2 is 1.85 bits per heavy atom. The van der Waals surface area contributed by atoms with Gasteiger partial charge in [0.1, 0.15) is 12.1 Å². The molecule has 142 valence electrons. The summed E-state index contributed by atoms with van der Waals surface area (Å²) in [5.74, 6) is 1.25. The van der Waals surface area contributed by atoms with Crippen LogP contribution >= 0.6 is 0 Å². The second kappa shape index (κ2) is 7.56. The Balaban J connectivity index is 1.57. The van der Waals surface area contributed by atoms with Gasteiger partial charge in [-0.15, -0.1) is 0 Å².